The van der Waals surface area contributed by atoms with Crippen molar-refractivity contribution in [3.63, 3.8) is 0 Å². The van der Waals surface area contributed by atoms with Crippen LogP contribution in [0, 0.1) is 0 Å². The van der Waals surface area contributed by atoms with Gasteiger partial charge in [-0.15, -0.1) is 6.58 Å². The molecule has 1 aromatic heterocycles. The van der Waals surface area contributed by atoms with Crippen molar-refractivity contribution in [1.29, 1.82) is 0 Å². The lowest BCUT2D eigenvalue weighted by atomic mass is 10.1. The first kappa shape index (κ1) is 16.5. The van der Waals surface area contributed by atoms with Gasteiger partial charge in [-0.05, 0) is 24.1 Å². The fraction of sp³-hybridized carbons (Fsp3) is 0.100. The third-order valence-corrected chi connectivity index (χ3v) is 3.71. The molecule has 126 valence electrons. The SMILES string of the molecule is C=CCc1ccccc1OCC(=O)N/N=C\c1c[nH]c2ccccc12. The maximum Gasteiger partial charge on any atom is 0.277 e. The van der Waals surface area contributed by atoms with Gasteiger partial charge in [0.1, 0.15) is 5.75 Å². The topological polar surface area (TPSA) is 66.5 Å². The Morgan fingerprint density at radius 3 is 2.88 bits per heavy atom. The van der Waals surface area contributed by atoms with Crippen LogP contribution in [0.1, 0.15) is 11.1 Å². The number of para-hydroxylation sites is 2. The molecule has 0 bridgehead atoms. The quantitative estimate of drug-likeness (QED) is 0.395. The summed E-state index contributed by atoms with van der Waals surface area (Å²) < 4.78 is 5.57. The molecule has 25 heavy (non-hydrogen) atoms. The van der Waals surface area contributed by atoms with Crippen LogP contribution in [-0.4, -0.2) is 23.7 Å². The minimum absolute atomic E-state index is 0.0978. The van der Waals surface area contributed by atoms with Crippen LogP contribution in [0.5, 0.6) is 5.75 Å². The first-order valence-electron chi connectivity index (χ1n) is 7.97. The van der Waals surface area contributed by atoms with Crippen LogP contribution < -0.4 is 10.2 Å². The zero-order valence-electron chi connectivity index (χ0n) is 13.7. The van der Waals surface area contributed by atoms with E-state index in [0.717, 1.165) is 22.0 Å². The number of benzene rings is 2. The number of carbonyl (C=O) groups is 1. The van der Waals surface area contributed by atoms with Crippen molar-refractivity contribution in [2.45, 2.75) is 6.42 Å². The molecular formula is C20H19N3O2. The molecule has 0 spiro atoms. The number of ether oxygens (including phenoxy) is 1. The first-order valence-corrected chi connectivity index (χ1v) is 7.97. The maximum absolute atomic E-state index is 11.9. The molecule has 3 aromatic rings. The van der Waals surface area contributed by atoms with Crippen LogP contribution in [0.15, 0.2) is 72.5 Å². The molecule has 0 atom stereocenters. The number of aromatic amines is 1. The van der Waals surface area contributed by atoms with E-state index in [2.05, 4.69) is 22.1 Å². The number of fused-ring (bicyclic) bond motifs is 1. The molecule has 0 aliphatic heterocycles. The van der Waals surface area contributed by atoms with Gasteiger partial charge in [-0.3, -0.25) is 4.79 Å². The van der Waals surface area contributed by atoms with Gasteiger partial charge in [0.15, 0.2) is 6.61 Å². The number of hydrazone groups is 1. The van der Waals surface area contributed by atoms with Gasteiger partial charge >= 0.3 is 0 Å². The third kappa shape index (κ3) is 4.14. The van der Waals surface area contributed by atoms with Gasteiger partial charge in [0.25, 0.3) is 5.91 Å². The summed E-state index contributed by atoms with van der Waals surface area (Å²) in [6, 6.07) is 15.5. The zero-order valence-corrected chi connectivity index (χ0v) is 13.7. The van der Waals surface area contributed by atoms with E-state index in [1.54, 1.807) is 12.3 Å². The molecular weight excluding hydrogens is 314 g/mol. The van der Waals surface area contributed by atoms with E-state index < -0.39 is 0 Å². The molecule has 2 aromatic carbocycles. The van der Waals surface area contributed by atoms with Crippen molar-refractivity contribution in [3.8, 4) is 5.75 Å². The first-order chi connectivity index (χ1) is 12.3. The zero-order chi connectivity index (χ0) is 17.5. The van der Waals surface area contributed by atoms with Gasteiger partial charge < -0.3 is 9.72 Å². The number of carbonyl (C=O) groups excluding carboxylic acids is 1. The molecule has 2 N–H and O–H groups in total. The number of nitrogens with one attached hydrogen (secondary N) is 2. The Kier molecular flexibility index (Phi) is 5.26. The number of hydrogen-bond donors (Lipinski definition) is 2. The Morgan fingerprint density at radius 2 is 2.00 bits per heavy atom. The lowest BCUT2D eigenvalue weighted by molar-refractivity contribution is -0.123. The number of aromatic nitrogens is 1. The smallest absolute Gasteiger partial charge is 0.277 e. The van der Waals surface area contributed by atoms with Crippen LogP contribution in [-0.2, 0) is 11.2 Å². The predicted octanol–water partition coefficient (Wildman–Crippen LogP) is 3.43. The summed E-state index contributed by atoms with van der Waals surface area (Å²) in [7, 11) is 0. The summed E-state index contributed by atoms with van der Waals surface area (Å²) >= 11 is 0. The normalized spacial score (nSPS) is 10.9. The van der Waals surface area contributed by atoms with Crippen LogP contribution >= 0.6 is 0 Å². The fourth-order valence-corrected chi connectivity index (χ4v) is 2.52. The Bertz CT molecular complexity index is 912. The van der Waals surface area contributed by atoms with Gasteiger partial charge in [-0.2, -0.15) is 5.10 Å². The molecule has 3 rings (SSSR count). The van der Waals surface area contributed by atoms with E-state index in [0.29, 0.717) is 12.2 Å². The maximum atomic E-state index is 11.9. The summed E-state index contributed by atoms with van der Waals surface area (Å²) in [5, 5.41) is 5.05. The number of rotatable bonds is 7. The second kappa shape index (κ2) is 7.97. The van der Waals surface area contributed by atoms with Gasteiger partial charge in [-0.25, -0.2) is 5.43 Å². The highest BCUT2D eigenvalue weighted by molar-refractivity contribution is 5.99. The molecule has 0 aliphatic rings. The Morgan fingerprint density at radius 1 is 1.20 bits per heavy atom. The molecule has 0 fully saturated rings. The highest BCUT2D eigenvalue weighted by atomic mass is 16.5. The second-order valence-corrected chi connectivity index (χ2v) is 5.47. The van der Waals surface area contributed by atoms with Gasteiger partial charge in [-0.1, -0.05) is 42.5 Å². The van der Waals surface area contributed by atoms with Crippen LogP contribution in [0.2, 0.25) is 0 Å². The average molecular weight is 333 g/mol. The highest BCUT2D eigenvalue weighted by Gasteiger charge is 2.05. The number of hydrogen-bond acceptors (Lipinski definition) is 3. The number of nitrogens with zero attached hydrogens (tertiary/aromatic N) is 1. The Balaban J connectivity index is 1.56. The fourth-order valence-electron chi connectivity index (χ4n) is 2.52. The lowest BCUT2D eigenvalue weighted by Crippen LogP contribution is -2.24. The molecule has 0 aliphatic carbocycles. The van der Waals surface area contributed by atoms with E-state index in [1.165, 1.54) is 0 Å². The lowest BCUT2D eigenvalue weighted by Gasteiger charge is -2.09. The van der Waals surface area contributed by atoms with E-state index in [9.17, 15) is 4.79 Å². The highest BCUT2D eigenvalue weighted by Crippen LogP contribution is 2.18. The van der Waals surface area contributed by atoms with Gasteiger partial charge in [0.2, 0.25) is 0 Å². The van der Waals surface area contributed by atoms with E-state index in [4.69, 9.17) is 4.74 Å². The van der Waals surface area contributed by atoms with E-state index in [1.807, 2.05) is 54.7 Å². The van der Waals surface area contributed by atoms with Crippen LogP contribution in [0.4, 0.5) is 0 Å². The molecule has 5 nitrogen and oxygen atoms in total. The molecule has 1 amide bonds. The summed E-state index contributed by atoms with van der Waals surface area (Å²) in [4.78, 5) is 15.1. The minimum Gasteiger partial charge on any atom is -0.483 e. The molecule has 1 heterocycles. The third-order valence-electron chi connectivity index (χ3n) is 3.71. The standard InChI is InChI=1S/C20H19N3O2/c1-2-7-15-8-3-6-11-19(15)25-14-20(24)23-22-13-16-12-21-18-10-5-4-9-17(16)18/h2-6,8-13,21H,1,7,14H2,(H,23,24)/b22-13-. The van der Waals surface area contributed by atoms with E-state index >= 15 is 0 Å². The predicted molar refractivity (Wildman–Crippen MR) is 99.9 cm³/mol. The van der Waals surface area contributed by atoms with Crippen molar-refractivity contribution in [2.75, 3.05) is 6.61 Å². The second-order valence-electron chi connectivity index (χ2n) is 5.47. The van der Waals surface area contributed by atoms with Gasteiger partial charge in [0, 0.05) is 22.7 Å². The van der Waals surface area contributed by atoms with Crippen molar-refractivity contribution in [3.05, 3.63) is 78.5 Å². The summed E-state index contributed by atoms with van der Waals surface area (Å²) in [6.45, 7) is 3.62. The molecule has 0 unspecified atom stereocenters. The largest absolute Gasteiger partial charge is 0.483 e. The van der Waals surface area contributed by atoms with Crippen molar-refractivity contribution in [1.82, 2.24) is 10.4 Å². The van der Waals surface area contributed by atoms with Crippen LogP contribution in [0.3, 0.4) is 0 Å². The number of allylic oxidation sites excluding steroid dienone is 1. The van der Waals surface area contributed by atoms with Crippen molar-refractivity contribution < 1.29 is 9.53 Å². The number of amides is 1. The van der Waals surface area contributed by atoms with Crippen molar-refractivity contribution in [2.24, 2.45) is 5.10 Å². The molecule has 0 saturated heterocycles. The Labute approximate surface area is 146 Å². The Hall–Kier alpha value is -3.34. The minimum atomic E-state index is -0.315. The molecule has 0 saturated carbocycles. The van der Waals surface area contributed by atoms with E-state index in [-0.39, 0.29) is 12.5 Å². The number of H-pyrrole nitrogens is 1. The average Bonchev–Trinajstić information content (AvgIpc) is 3.05. The van der Waals surface area contributed by atoms with Crippen molar-refractivity contribution >= 4 is 23.0 Å². The summed E-state index contributed by atoms with van der Waals surface area (Å²) in [5.41, 5.74) is 5.41. The molecule has 0 radical (unpaired) electrons. The summed E-state index contributed by atoms with van der Waals surface area (Å²) in [6.07, 6.45) is 5.95. The monoisotopic (exact) mass is 333 g/mol. The molecule has 5 heteroatoms. The van der Waals surface area contributed by atoms with Gasteiger partial charge in [0.05, 0.1) is 6.21 Å². The van der Waals surface area contributed by atoms with Crippen LogP contribution in [0.25, 0.3) is 10.9 Å². The summed E-state index contributed by atoms with van der Waals surface area (Å²) in [5.74, 6) is 0.364.